The van der Waals surface area contributed by atoms with Gasteiger partial charge in [0.15, 0.2) is 0 Å². The Labute approximate surface area is 153 Å². The fraction of sp³-hybridized carbons (Fsp3) is 0.263. The van der Waals surface area contributed by atoms with E-state index >= 15 is 0 Å². The standard InChI is InChI=1S/C19H15F2N3OS/c1-9(2)15-8-26-19(24-15)10-6-13(17-11(20)4-3-5-12(17)21)23-14-7-22-18(25)16(10)14/h3-9,14,16H,1-2H3. The number of carbonyl (C=O) groups is 1. The number of aromatic nitrogens is 1. The number of aliphatic imine (C=N–C) groups is 2. The summed E-state index contributed by atoms with van der Waals surface area (Å²) in [4.78, 5) is 25.1. The number of amides is 1. The lowest BCUT2D eigenvalue weighted by Crippen LogP contribution is -2.28. The largest absolute Gasteiger partial charge is 0.274 e. The fourth-order valence-corrected chi connectivity index (χ4v) is 4.12. The molecule has 2 atom stereocenters. The second-order valence-corrected chi connectivity index (χ2v) is 7.39. The lowest BCUT2D eigenvalue weighted by molar-refractivity contribution is -0.119. The van der Waals surface area contributed by atoms with Gasteiger partial charge in [-0.25, -0.2) is 18.8 Å². The molecule has 1 aromatic carbocycles. The van der Waals surface area contributed by atoms with Crippen molar-refractivity contribution in [3.63, 3.8) is 0 Å². The van der Waals surface area contributed by atoms with Crippen LogP contribution in [0.5, 0.6) is 0 Å². The van der Waals surface area contributed by atoms with Gasteiger partial charge in [0.2, 0.25) is 0 Å². The molecule has 26 heavy (non-hydrogen) atoms. The number of hydrogen-bond acceptors (Lipinski definition) is 4. The Morgan fingerprint density at radius 2 is 1.92 bits per heavy atom. The summed E-state index contributed by atoms with van der Waals surface area (Å²) in [5.41, 5.74) is 1.49. The topological polar surface area (TPSA) is 54.7 Å². The van der Waals surface area contributed by atoms with Gasteiger partial charge in [0.1, 0.15) is 22.7 Å². The van der Waals surface area contributed by atoms with E-state index < -0.39 is 23.6 Å². The lowest BCUT2D eigenvalue weighted by atomic mass is 9.88. The van der Waals surface area contributed by atoms with Crippen molar-refractivity contribution in [3.8, 4) is 0 Å². The first kappa shape index (κ1) is 16.9. The van der Waals surface area contributed by atoms with E-state index in [1.807, 2.05) is 19.2 Å². The van der Waals surface area contributed by atoms with Crippen LogP contribution in [-0.2, 0) is 4.79 Å². The Balaban J connectivity index is 1.86. The number of dihydropyridines is 1. The van der Waals surface area contributed by atoms with Crippen molar-refractivity contribution in [2.45, 2.75) is 25.8 Å². The first-order valence-corrected chi connectivity index (χ1v) is 9.11. The highest BCUT2D eigenvalue weighted by Gasteiger charge is 2.40. The maximum Gasteiger partial charge on any atom is 0.255 e. The molecule has 0 spiro atoms. The van der Waals surface area contributed by atoms with E-state index in [1.54, 1.807) is 6.08 Å². The predicted molar refractivity (Wildman–Crippen MR) is 97.9 cm³/mol. The molecule has 0 fully saturated rings. The molecule has 1 aromatic heterocycles. The van der Waals surface area contributed by atoms with Gasteiger partial charge in [-0.1, -0.05) is 19.9 Å². The minimum Gasteiger partial charge on any atom is -0.274 e. The summed E-state index contributed by atoms with van der Waals surface area (Å²) in [6.45, 7) is 4.06. The highest BCUT2D eigenvalue weighted by molar-refractivity contribution is 7.10. The minimum atomic E-state index is -0.693. The quantitative estimate of drug-likeness (QED) is 0.818. The van der Waals surface area contributed by atoms with E-state index in [-0.39, 0.29) is 23.1 Å². The summed E-state index contributed by atoms with van der Waals surface area (Å²) in [6.07, 6.45) is 3.01. The third kappa shape index (κ3) is 2.72. The zero-order chi connectivity index (χ0) is 18.4. The van der Waals surface area contributed by atoms with Crippen molar-refractivity contribution in [1.29, 1.82) is 0 Å². The summed E-state index contributed by atoms with van der Waals surface area (Å²) >= 11 is 1.41. The number of rotatable bonds is 3. The Morgan fingerprint density at radius 3 is 2.58 bits per heavy atom. The zero-order valence-electron chi connectivity index (χ0n) is 14.1. The molecule has 4 rings (SSSR count). The lowest BCUT2D eigenvalue weighted by Gasteiger charge is -2.22. The molecule has 1 amide bonds. The van der Waals surface area contributed by atoms with Crippen LogP contribution in [0.2, 0.25) is 0 Å². The molecule has 3 heterocycles. The number of allylic oxidation sites excluding steroid dienone is 1. The number of hydrogen-bond donors (Lipinski definition) is 0. The average Bonchev–Trinajstić information content (AvgIpc) is 3.22. The summed E-state index contributed by atoms with van der Waals surface area (Å²) < 4.78 is 28.5. The van der Waals surface area contributed by atoms with Gasteiger partial charge in [0, 0.05) is 17.2 Å². The highest BCUT2D eigenvalue weighted by atomic mass is 32.1. The minimum absolute atomic E-state index is 0.166. The van der Waals surface area contributed by atoms with Gasteiger partial charge < -0.3 is 0 Å². The smallest absolute Gasteiger partial charge is 0.255 e. The SMILES string of the molecule is CC(C)c1csc(C2=CC(c3c(F)cccc3F)=NC3C=NC(=O)C23)n1. The number of nitrogens with zero attached hydrogens (tertiary/aromatic N) is 3. The van der Waals surface area contributed by atoms with Gasteiger partial charge in [-0.3, -0.25) is 9.79 Å². The Kier molecular flexibility index (Phi) is 4.11. The summed E-state index contributed by atoms with van der Waals surface area (Å²) in [5.74, 6) is -2.03. The number of halogens is 2. The molecule has 7 heteroatoms. The maximum atomic E-state index is 14.2. The van der Waals surface area contributed by atoms with Crippen LogP contribution in [0.15, 0.2) is 39.6 Å². The number of fused-ring (bicyclic) bond motifs is 1. The van der Waals surface area contributed by atoms with E-state index in [4.69, 9.17) is 0 Å². The van der Waals surface area contributed by atoms with Gasteiger partial charge in [-0.15, -0.1) is 11.3 Å². The van der Waals surface area contributed by atoms with Crippen LogP contribution in [-0.4, -0.2) is 28.9 Å². The van der Waals surface area contributed by atoms with Crippen molar-refractivity contribution in [2.75, 3.05) is 0 Å². The molecular formula is C19H15F2N3OS. The second kappa shape index (κ2) is 6.32. The Morgan fingerprint density at radius 1 is 1.19 bits per heavy atom. The number of benzene rings is 1. The van der Waals surface area contributed by atoms with Crippen molar-refractivity contribution >= 4 is 34.7 Å². The molecule has 0 saturated heterocycles. The third-order valence-corrected chi connectivity index (χ3v) is 5.37. The molecule has 2 aromatic rings. The summed E-state index contributed by atoms with van der Waals surface area (Å²) in [6, 6.07) is 3.12. The van der Waals surface area contributed by atoms with Crippen molar-refractivity contribution < 1.29 is 13.6 Å². The van der Waals surface area contributed by atoms with Gasteiger partial charge in [-0.05, 0) is 24.1 Å². The van der Waals surface area contributed by atoms with Crippen LogP contribution in [0.1, 0.15) is 36.0 Å². The number of thiazole rings is 1. The van der Waals surface area contributed by atoms with E-state index in [0.717, 1.165) is 5.69 Å². The molecule has 0 bridgehead atoms. The first-order chi connectivity index (χ1) is 12.5. The fourth-order valence-electron chi connectivity index (χ4n) is 3.08. The van der Waals surface area contributed by atoms with Crippen LogP contribution in [0.4, 0.5) is 8.78 Å². The molecule has 0 aliphatic carbocycles. The van der Waals surface area contributed by atoms with Gasteiger partial charge in [-0.2, -0.15) is 0 Å². The van der Waals surface area contributed by atoms with Gasteiger partial charge in [0.25, 0.3) is 5.91 Å². The van der Waals surface area contributed by atoms with E-state index in [9.17, 15) is 13.6 Å². The van der Waals surface area contributed by atoms with Crippen LogP contribution < -0.4 is 0 Å². The van der Waals surface area contributed by atoms with E-state index in [1.165, 1.54) is 35.8 Å². The zero-order valence-corrected chi connectivity index (χ0v) is 14.9. The molecule has 0 N–H and O–H groups in total. The van der Waals surface area contributed by atoms with Gasteiger partial charge >= 0.3 is 0 Å². The van der Waals surface area contributed by atoms with Crippen LogP contribution in [0.25, 0.3) is 5.57 Å². The molecule has 4 nitrogen and oxygen atoms in total. The molecule has 0 saturated carbocycles. The van der Waals surface area contributed by atoms with Crippen molar-refractivity contribution in [3.05, 3.63) is 57.6 Å². The Hall–Kier alpha value is -2.54. The van der Waals surface area contributed by atoms with Gasteiger partial charge in [0.05, 0.1) is 22.9 Å². The molecular weight excluding hydrogens is 356 g/mol. The number of carbonyl (C=O) groups excluding carboxylic acids is 1. The average molecular weight is 371 g/mol. The maximum absolute atomic E-state index is 14.2. The molecule has 2 aliphatic rings. The molecule has 0 radical (unpaired) electrons. The summed E-state index contributed by atoms with van der Waals surface area (Å²) in [7, 11) is 0. The monoisotopic (exact) mass is 371 g/mol. The second-order valence-electron chi connectivity index (χ2n) is 6.53. The third-order valence-electron chi connectivity index (χ3n) is 4.46. The summed E-state index contributed by atoms with van der Waals surface area (Å²) in [5, 5.41) is 2.59. The van der Waals surface area contributed by atoms with E-state index in [0.29, 0.717) is 10.6 Å². The van der Waals surface area contributed by atoms with Crippen LogP contribution in [0.3, 0.4) is 0 Å². The predicted octanol–water partition coefficient (Wildman–Crippen LogP) is 4.03. The molecule has 2 unspecified atom stereocenters. The van der Waals surface area contributed by atoms with Crippen LogP contribution >= 0.6 is 11.3 Å². The molecule has 2 aliphatic heterocycles. The normalized spacial score (nSPS) is 21.8. The Bertz CT molecular complexity index is 970. The van der Waals surface area contributed by atoms with Crippen molar-refractivity contribution in [2.24, 2.45) is 15.9 Å². The highest BCUT2D eigenvalue weighted by Crippen LogP contribution is 2.37. The van der Waals surface area contributed by atoms with Crippen molar-refractivity contribution in [1.82, 2.24) is 4.98 Å². The van der Waals surface area contributed by atoms with E-state index in [2.05, 4.69) is 15.0 Å². The van der Waals surface area contributed by atoms with Crippen LogP contribution in [0, 0.1) is 17.6 Å². The first-order valence-electron chi connectivity index (χ1n) is 8.23. The molecule has 132 valence electrons.